The molecule has 0 aliphatic heterocycles. The van der Waals surface area contributed by atoms with E-state index in [1.807, 2.05) is 62.4 Å². The van der Waals surface area contributed by atoms with Gasteiger partial charge in [-0.3, -0.25) is 0 Å². The quantitative estimate of drug-likeness (QED) is 0.342. The van der Waals surface area contributed by atoms with Crippen molar-refractivity contribution in [2.24, 2.45) is 0 Å². The van der Waals surface area contributed by atoms with Gasteiger partial charge in [0.25, 0.3) is 0 Å². The largest absolute Gasteiger partial charge is 0.387 e. The molecule has 0 amide bonds. The topological polar surface area (TPSA) is 53.4 Å². The first-order valence-electron chi connectivity index (χ1n) is 12.0. The van der Waals surface area contributed by atoms with Crippen LogP contribution in [0.3, 0.4) is 0 Å². The van der Waals surface area contributed by atoms with Gasteiger partial charge in [-0.15, -0.1) is 0 Å². The van der Waals surface area contributed by atoms with Crippen LogP contribution in [0.1, 0.15) is 41.5 Å². The summed E-state index contributed by atoms with van der Waals surface area (Å²) in [5.74, 6) is 0. The minimum Gasteiger partial charge on any atom is -0.387 e. The van der Waals surface area contributed by atoms with Crippen LogP contribution in [0.15, 0.2) is 97.1 Å². The van der Waals surface area contributed by atoms with Crippen LogP contribution in [-0.4, -0.2) is 34.2 Å². The fraction of sp³-hybridized carbons (Fsp3) is 0.258. The van der Waals surface area contributed by atoms with Gasteiger partial charge in [0.15, 0.2) is 0 Å². The molecule has 35 heavy (non-hydrogen) atoms. The third-order valence-electron chi connectivity index (χ3n) is 5.71. The number of rotatable bonds is 4. The van der Waals surface area contributed by atoms with Crippen LogP contribution in [-0.2, 0) is 0 Å². The van der Waals surface area contributed by atoms with Crippen molar-refractivity contribution in [1.29, 1.82) is 0 Å². The summed E-state index contributed by atoms with van der Waals surface area (Å²) in [6.07, 6.45) is 0. The van der Waals surface area contributed by atoms with E-state index < -0.39 is 11.2 Å². The molecule has 0 saturated carbocycles. The van der Waals surface area contributed by atoms with Gasteiger partial charge in [-0.1, -0.05) is 104 Å². The predicted molar refractivity (Wildman–Crippen MR) is 150 cm³/mol. The van der Waals surface area contributed by atoms with E-state index in [0.717, 1.165) is 33.5 Å². The van der Waals surface area contributed by atoms with Crippen molar-refractivity contribution in [3.8, 4) is 33.6 Å². The number of aliphatic hydroxyl groups is 2. The minimum absolute atomic E-state index is 0.756. The van der Waals surface area contributed by atoms with Crippen LogP contribution in [0, 0.1) is 0 Å². The SMILES string of the molecule is CC.CC(C)(O)C(C)(C)O.[B]c1ccc(-c2cc(-c3ccccc3)cc(-c3ccccc3)n2)cc1. The molecule has 0 bridgehead atoms. The van der Waals surface area contributed by atoms with E-state index in [-0.39, 0.29) is 0 Å². The maximum absolute atomic E-state index is 9.10. The minimum atomic E-state index is -1.01. The van der Waals surface area contributed by atoms with Crippen molar-refractivity contribution in [2.45, 2.75) is 52.7 Å². The van der Waals surface area contributed by atoms with Gasteiger partial charge in [0.1, 0.15) is 7.85 Å². The van der Waals surface area contributed by atoms with Gasteiger partial charge in [0, 0.05) is 11.1 Å². The Morgan fingerprint density at radius 1 is 0.543 bits per heavy atom. The number of aromatic nitrogens is 1. The summed E-state index contributed by atoms with van der Waals surface area (Å²) in [5.41, 5.74) is 5.15. The van der Waals surface area contributed by atoms with Crippen molar-refractivity contribution in [3.05, 3.63) is 97.1 Å². The summed E-state index contributed by atoms with van der Waals surface area (Å²) in [4.78, 5) is 4.89. The summed E-state index contributed by atoms with van der Waals surface area (Å²) in [6, 6.07) is 32.8. The van der Waals surface area contributed by atoms with Crippen LogP contribution in [0.25, 0.3) is 33.6 Å². The van der Waals surface area contributed by atoms with E-state index >= 15 is 0 Å². The van der Waals surface area contributed by atoms with Crippen molar-refractivity contribution in [2.75, 3.05) is 0 Å². The van der Waals surface area contributed by atoms with Crippen LogP contribution < -0.4 is 5.46 Å². The molecule has 4 aromatic rings. The normalized spacial score (nSPS) is 11.0. The van der Waals surface area contributed by atoms with Gasteiger partial charge in [-0.25, -0.2) is 4.98 Å². The number of hydrogen-bond acceptors (Lipinski definition) is 3. The van der Waals surface area contributed by atoms with E-state index in [9.17, 15) is 0 Å². The molecule has 2 radical (unpaired) electrons. The molecule has 1 aromatic heterocycles. The van der Waals surface area contributed by atoms with Crippen LogP contribution in [0.4, 0.5) is 0 Å². The molecule has 3 nitrogen and oxygen atoms in total. The number of pyridine rings is 1. The molecular weight excluding hydrogens is 429 g/mol. The van der Waals surface area contributed by atoms with Crippen LogP contribution in [0.5, 0.6) is 0 Å². The lowest BCUT2D eigenvalue weighted by Gasteiger charge is -2.31. The van der Waals surface area contributed by atoms with Gasteiger partial charge in [0.05, 0.1) is 22.6 Å². The maximum Gasteiger partial charge on any atom is 0.113 e. The van der Waals surface area contributed by atoms with E-state index in [1.165, 1.54) is 5.56 Å². The molecule has 0 unspecified atom stereocenters. The van der Waals surface area contributed by atoms with Crippen LogP contribution >= 0.6 is 0 Å². The Hall–Kier alpha value is -3.21. The first-order valence-corrected chi connectivity index (χ1v) is 12.0. The Kier molecular flexibility index (Phi) is 10.0. The Labute approximate surface area is 211 Å². The van der Waals surface area contributed by atoms with Gasteiger partial charge < -0.3 is 10.2 Å². The van der Waals surface area contributed by atoms with Gasteiger partial charge in [-0.2, -0.15) is 0 Å². The molecule has 1 heterocycles. The Morgan fingerprint density at radius 2 is 0.914 bits per heavy atom. The highest BCUT2D eigenvalue weighted by molar-refractivity contribution is 6.32. The summed E-state index contributed by atoms with van der Waals surface area (Å²) < 4.78 is 0. The van der Waals surface area contributed by atoms with E-state index in [4.69, 9.17) is 23.0 Å². The van der Waals surface area contributed by atoms with Crippen molar-refractivity contribution < 1.29 is 10.2 Å². The van der Waals surface area contributed by atoms with E-state index in [1.54, 1.807) is 27.7 Å². The predicted octanol–water partition coefficient (Wildman–Crippen LogP) is 6.43. The molecule has 0 aliphatic carbocycles. The molecule has 0 saturated heterocycles. The molecule has 0 spiro atoms. The monoisotopic (exact) mass is 465 g/mol. The molecular formula is C31H36BNO2. The van der Waals surface area contributed by atoms with Crippen LogP contribution in [0.2, 0.25) is 0 Å². The Balaban J connectivity index is 0.000000371. The second kappa shape index (κ2) is 12.5. The average Bonchev–Trinajstić information content (AvgIpc) is 2.86. The molecule has 3 aromatic carbocycles. The molecule has 0 fully saturated rings. The second-order valence-electron chi connectivity index (χ2n) is 9.10. The zero-order valence-electron chi connectivity index (χ0n) is 21.7. The number of nitrogens with zero attached hydrogens (tertiary/aromatic N) is 1. The first-order chi connectivity index (χ1) is 16.5. The zero-order chi connectivity index (χ0) is 26.1. The third kappa shape index (κ3) is 8.20. The molecule has 0 aliphatic rings. The standard InChI is InChI=1S/C23H16BN.C6H14O2.C2H6/c24-21-13-11-19(12-14-21)23-16-20(17-7-3-1-4-8-17)15-22(25-23)18-9-5-2-6-10-18;1-5(2,7)6(3,4)8;1-2/h1-16H;7-8H,1-4H3;1-2H3. The second-order valence-corrected chi connectivity index (χ2v) is 9.10. The summed E-state index contributed by atoms with van der Waals surface area (Å²) >= 11 is 0. The lowest BCUT2D eigenvalue weighted by molar-refractivity contribution is -0.107. The first kappa shape index (κ1) is 28.0. The Morgan fingerprint density at radius 3 is 1.31 bits per heavy atom. The van der Waals surface area contributed by atoms with E-state index in [0.29, 0.717) is 0 Å². The van der Waals surface area contributed by atoms with Crippen molar-refractivity contribution in [1.82, 2.24) is 4.98 Å². The fourth-order valence-electron chi connectivity index (χ4n) is 2.89. The third-order valence-corrected chi connectivity index (χ3v) is 5.71. The van der Waals surface area contributed by atoms with Gasteiger partial charge in [0.2, 0.25) is 0 Å². The lowest BCUT2D eigenvalue weighted by Crippen LogP contribution is -2.44. The molecule has 0 atom stereocenters. The van der Waals surface area contributed by atoms with Gasteiger partial charge >= 0.3 is 0 Å². The lowest BCUT2D eigenvalue weighted by atomic mass is 9.90. The molecule has 4 rings (SSSR count). The van der Waals surface area contributed by atoms with E-state index in [2.05, 4.69) is 48.5 Å². The highest BCUT2D eigenvalue weighted by atomic mass is 16.3. The summed E-state index contributed by atoms with van der Waals surface area (Å²) in [6.45, 7) is 10.3. The molecule has 4 heteroatoms. The maximum atomic E-state index is 9.10. The Bertz CT molecular complexity index is 1090. The highest BCUT2D eigenvalue weighted by Crippen LogP contribution is 2.29. The van der Waals surface area contributed by atoms with Crippen molar-refractivity contribution in [3.63, 3.8) is 0 Å². The number of benzene rings is 3. The summed E-state index contributed by atoms with van der Waals surface area (Å²) in [5, 5.41) is 18.2. The fourth-order valence-corrected chi connectivity index (χ4v) is 2.89. The average molecular weight is 465 g/mol. The summed E-state index contributed by atoms with van der Waals surface area (Å²) in [7, 11) is 5.83. The number of hydrogen-bond donors (Lipinski definition) is 2. The van der Waals surface area contributed by atoms with Gasteiger partial charge in [-0.05, 0) is 51.0 Å². The zero-order valence-corrected chi connectivity index (χ0v) is 21.7. The van der Waals surface area contributed by atoms with Crippen molar-refractivity contribution >= 4 is 13.3 Å². The smallest absolute Gasteiger partial charge is 0.113 e. The highest BCUT2D eigenvalue weighted by Gasteiger charge is 2.31. The molecule has 2 N–H and O–H groups in total. The molecule has 180 valence electrons.